The van der Waals surface area contributed by atoms with Gasteiger partial charge < -0.3 is 14.7 Å². The molecule has 0 aliphatic carbocycles. The van der Waals surface area contributed by atoms with E-state index in [1.165, 1.54) is 11.0 Å². The molecular weight excluding hydrogens is 265 g/mol. The van der Waals surface area contributed by atoms with E-state index in [0.717, 1.165) is 5.56 Å². The number of ether oxygens (including phenoxy) is 1. The molecule has 108 valence electrons. The lowest BCUT2D eigenvalue weighted by atomic mass is 9.96. The van der Waals surface area contributed by atoms with Crippen LogP contribution in [0.2, 0.25) is 0 Å². The van der Waals surface area contributed by atoms with E-state index in [9.17, 15) is 19.1 Å². The third-order valence-electron chi connectivity index (χ3n) is 3.38. The first-order chi connectivity index (χ1) is 9.45. The smallest absolute Gasteiger partial charge is 0.335 e. The first-order valence-electron chi connectivity index (χ1n) is 6.35. The first kappa shape index (κ1) is 14.5. The summed E-state index contributed by atoms with van der Waals surface area (Å²) in [4.78, 5) is 24.5. The fraction of sp³-hybridized carbons (Fsp3) is 0.429. The van der Waals surface area contributed by atoms with E-state index in [1.54, 1.807) is 26.0 Å². The Bertz CT molecular complexity index is 544. The molecule has 2 rings (SSSR count). The maximum Gasteiger partial charge on any atom is 0.335 e. The van der Waals surface area contributed by atoms with E-state index < -0.39 is 23.9 Å². The van der Waals surface area contributed by atoms with Gasteiger partial charge in [-0.05, 0) is 19.9 Å². The van der Waals surface area contributed by atoms with Crippen LogP contribution in [0.15, 0.2) is 18.2 Å². The molecule has 1 amide bonds. The molecule has 1 aromatic carbocycles. The van der Waals surface area contributed by atoms with Crippen LogP contribution in [0.25, 0.3) is 0 Å². The van der Waals surface area contributed by atoms with Gasteiger partial charge in [0.15, 0.2) is 6.10 Å². The number of halogens is 1. The van der Waals surface area contributed by atoms with E-state index in [2.05, 4.69) is 0 Å². The zero-order valence-corrected chi connectivity index (χ0v) is 11.3. The second kappa shape index (κ2) is 5.58. The Balaban J connectivity index is 2.52. The fourth-order valence-corrected chi connectivity index (χ4v) is 2.45. The number of aryl methyl sites for hydroxylation is 1. The molecule has 20 heavy (non-hydrogen) atoms. The van der Waals surface area contributed by atoms with Crippen molar-refractivity contribution in [2.45, 2.75) is 26.0 Å². The molecule has 0 saturated carbocycles. The Morgan fingerprint density at radius 3 is 2.85 bits per heavy atom. The largest absolute Gasteiger partial charge is 0.479 e. The quantitative estimate of drug-likeness (QED) is 0.912. The SMILES string of the molecule is CCN1C(=O)COC(C(=O)O)C1c1cc(C)ccc1F. The van der Waals surface area contributed by atoms with E-state index >= 15 is 0 Å². The van der Waals surface area contributed by atoms with Crippen molar-refractivity contribution in [2.24, 2.45) is 0 Å². The second-order valence-corrected chi connectivity index (χ2v) is 4.72. The number of benzene rings is 1. The van der Waals surface area contributed by atoms with E-state index in [4.69, 9.17) is 4.74 Å². The molecule has 5 nitrogen and oxygen atoms in total. The maximum absolute atomic E-state index is 14.0. The highest BCUT2D eigenvalue weighted by atomic mass is 19.1. The third-order valence-corrected chi connectivity index (χ3v) is 3.38. The molecule has 6 heteroatoms. The molecule has 0 radical (unpaired) electrons. The van der Waals surface area contributed by atoms with Crippen molar-refractivity contribution >= 4 is 11.9 Å². The number of carboxylic acid groups (broad SMARTS) is 1. The zero-order chi connectivity index (χ0) is 14.9. The lowest BCUT2D eigenvalue weighted by molar-refractivity contribution is -0.173. The third kappa shape index (κ3) is 2.51. The number of nitrogens with zero attached hydrogens (tertiary/aromatic N) is 1. The highest BCUT2D eigenvalue weighted by molar-refractivity contribution is 5.83. The highest BCUT2D eigenvalue weighted by Crippen LogP contribution is 2.32. The molecule has 0 aromatic heterocycles. The Kier molecular flexibility index (Phi) is 4.04. The molecule has 1 fully saturated rings. The lowest BCUT2D eigenvalue weighted by Gasteiger charge is -2.39. The van der Waals surface area contributed by atoms with Crippen LogP contribution in [0, 0.1) is 12.7 Å². The summed E-state index contributed by atoms with van der Waals surface area (Å²) in [5, 5.41) is 9.24. The van der Waals surface area contributed by atoms with Crippen molar-refractivity contribution in [2.75, 3.05) is 13.2 Å². The van der Waals surface area contributed by atoms with Gasteiger partial charge >= 0.3 is 5.97 Å². The van der Waals surface area contributed by atoms with Gasteiger partial charge in [0.2, 0.25) is 5.91 Å². The number of carbonyl (C=O) groups is 2. The molecule has 1 heterocycles. The molecule has 1 aliphatic rings. The Hall–Kier alpha value is -1.95. The average Bonchev–Trinajstić information content (AvgIpc) is 2.40. The van der Waals surface area contributed by atoms with Crippen LogP contribution < -0.4 is 0 Å². The molecular formula is C14H16FNO4. The van der Waals surface area contributed by atoms with Gasteiger partial charge in [-0.3, -0.25) is 4.79 Å². The lowest BCUT2D eigenvalue weighted by Crippen LogP contribution is -2.51. The molecule has 0 spiro atoms. The van der Waals surface area contributed by atoms with Crippen LogP contribution in [-0.4, -0.2) is 41.1 Å². The van der Waals surface area contributed by atoms with Crippen LogP contribution in [0.5, 0.6) is 0 Å². The summed E-state index contributed by atoms with van der Waals surface area (Å²) in [5.41, 5.74) is 0.965. The van der Waals surface area contributed by atoms with Gasteiger partial charge in [-0.2, -0.15) is 0 Å². The number of carbonyl (C=O) groups excluding carboxylic acids is 1. The molecule has 1 aromatic rings. The van der Waals surface area contributed by atoms with Crippen molar-refractivity contribution < 1.29 is 23.8 Å². The summed E-state index contributed by atoms with van der Waals surface area (Å²) in [6.07, 6.45) is -1.26. The Labute approximate surface area is 116 Å². The van der Waals surface area contributed by atoms with E-state index in [1.807, 2.05) is 0 Å². The first-order valence-corrected chi connectivity index (χ1v) is 6.35. The summed E-state index contributed by atoms with van der Waals surface area (Å²) < 4.78 is 19.1. The van der Waals surface area contributed by atoms with Gasteiger partial charge in [0.05, 0.1) is 6.04 Å². The predicted octanol–water partition coefficient (Wildman–Crippen LogP) is 1.51. The molecule has 1 aliphatic heterocycles. The molecule has 1 N–H and O–H groups in total. The number of rotatable bonds is 3. The standard InChI is InChI=1S/C14H16FNO4/c1-3-16-11(17)7-20-13(14(18)19)12(16)9-6-8(2)4-5-10(9)15/h4-6,12-13H,3,7H2,1-2H3,(H,18,19). The average molecular weight is 281 g/mol. The van der Waals surface area contributed by atoms with Gasteiger partial charge in [-0.1, -0.05) is 17.7 Å². The van der Waals surface area contributed by atoms with E-state index in [-0.39, 0.29) is 18.1 Å². The number of carboxylic acids is 1. The van der Waals surface area contributed by atoms with Crippen LogP contribution in [0.4, 0.5) is 4.39 Å². The number of amides is 1. The van der Waals surface area contributed by atoms with Crippen molar-refractivity contribution in [1.82, 2.24) is 4.90 Å². The maximum atomic E-state index is 14.0. The van der Waals surface area contributed by atoms with Gasteiger partial charge in [-0.25, -0.2) is 9.18 Å². The summed E-state index contributed by atoms with van der Waals surface area (Å²) >= 11 is 0. The van der Waals surface area contributed by atoms with Crippen LogP contribution in [0.1, 0.15) is 24.1 Å². The van der Waals surface area contributed by atoms with Gasteiger partial charge in [0.1, 0.15) is 12.4 Å². The van der Waals surface area contributed by atoms with Crippen molar-refractivity contribution in [1.29, 1.82) is 0 Å². The van der Waals surface area contributed by atoms with Gasteiger partial charge in [0, 0.05) is 12.1 Å². The Morgan fingerprint density at radius 2 is 2.25 bits per heavy atom. The zero-order valence-electron chi connectivity index (χ0n) is 11.3. The number of morpholine rings is 1. The summed E-state index contributed by atoms with van der Waals surface area (Å²) in [7, 11) is 0. The summed E-state index contributed by atoms with van der Waals surface area (Å²) in [5.74, 6) is -2.08. The van der Waals surface area contributed by atoms with Gasteiger partial charge in [0.25, 0.3) is 0 Å². The van der Waals surface area contributed by atoms with Crippen molar-refractivity contribution in [3.8, 4) is 0 Å². The summed E-state index contributed by atoms with van der Waals surface area (Å²) in [6.45, 7) is 3.50. The van der Waals surface area contributed by atoms with Crippen molar-refractivity contribution in [3.63, 3.8) is 0 Å². The Morgan fingerprint density at radius 1 is 1.55 bits per heavy atom. The van der Waals surface area contributed by atoms with Gasteiger partial charge in [-0.15, -0.1) is 0 Å². The minimum atomic E-state index is -1.26. The predicted molar refractivity (Wildman–Crippen MR) is 68.6 cm³/mol. The normalized spacial score (nSPS) is 22.9. The molecule has 0 bridgehead atoms. The van der Waals surface area contributed by atoms with Crippen LogP contribution >= 0.6 is 0 Å². The van der Waals surface area contributed by atoms with Crippen molar-refractivity contribution in [3.05, 3.63) is 35.1 Å². The highest BCUT2D eigenvalue weighted by Gasteiger charge is 2.42. The van der Waals surface area contributed by atoms with E-state index in [0.29, 0.717) is 6.54 Å². The topological polar surface area (TPSA) is 66.8 Å². The number of hydrogen-bond acceptors (Lipinski definition) is 3. The molecule has 1 saturated heterocycles. The monoisotopic (exact) mass is 281 g/mol. The number of likely N-dealkylation sites (N-methyl/N-ethyl adjacent to an activating group) is 1. The fourth-order valence-electron chi connectivity index (χ4n) is 2.45. The summed E-state index contributed by atoms with van der Waals surface area (Å²) in [6, 6.07) is 3.48. The number of hydrogen-bond donors (Lipinski definition) is 1. The minimum absolute atomic E-state index is 0.173. The van der Waals surface area contributed by atoms with Crippen LogP contribution in [0.3, 0.4) is 0 Å². The number of aliphatic carboxylic acids is 1. The van der Waals surface area contributed by atoms with Crippen LogP contribution in [-0.2, 0) is 14.3 Å². The molecule has 2 atom stereocenters. The second-order valence-electron chi connectivity index (χ2n) is 4.72. The minimum Gasteiger partial charge on any atom is -0.479 e. The molecule has 2 unspecified atom stereocenters.